The molecule has 8 nitrogen and oxygen atoms in total. The number of aryl methyl sites for hydroxylation is 2. The molecule has 1 atom stereocenters. The van der Waals surface area contributed by atoms with Crippen molar-refractivity contribution in [3.63, 3.8) is 0 Å². The number of carbonyl (C=O) groups is 1. The average molecular weight is 373 g/mol. The van der Waals surface area contributed by atoms with Crippen molar-refractivity contribution in [3.05, 3.63) is 29.2 Å². The molecule has 0 spiro atoms. The Kier molecular flexibility index (Phi) is 5.24. The second kappa shape index (κ2) is 7.80. The minimum absolute atomic E-state index is 0.0805. The summed E-state index contributed by atoms with van der Waals surface area (Å²) in [7, 11) is 0. The van der Waals surface area contributed by atoms with Crippen LogP contribution in [0.15, 0.2) is 10.6 Å². The van der Waals surface area contributed by atoms with Crippen molar-refractivity contribution in [2.75, 3.05) is 26.3 Å². The van der Waals surface area contributed by atoms with Crippen LogP contribution in [0, 0.1) is 19.8 Å². The molecule has 4 rings (SSSR count). The van der Waals surface area contributed by atoms with E-state index >= 15 is 0 Å². The van der Waals surface area contributed by atoms with Crippen LogP contribution >= 0.6 is 0 Å². The van der Waals surface area contributed by atoms with E-state index in [-0.39, 0.29) is 18.4 Å². The van der Waals surface area contributed by atoms with Gasteiger partial charge in [-0.25, -0.2) is 0 Å². The highest BCUT2D eigenvalue weighted by Crippen LogP contribution is 2.29. The van der Waals surface area contributed by atoms with Crippen LogP contribution in [0.3, 0.4) is 0 Å². The predicted octanol–water partition coefficient (Wildman–Crippen LogP) is 1.87. The Morgan fingerprint density at radius 2 is 2.19 bits per heavy atom. The molecule has 2 aromatic rings. The van der Waals surface area contributed by atoms with E-state index in [4.69, 9.17) is 9.26 Å². The van der Waals surface area contributed by atoms with E-state index in [1.54, 1.807) is 4.68 Å². The van der Waals surface area contributed by atoms with Gasteiger partial charge in [-0.1, -0.05) is 5.16 Å². The highest BCUT2D eigenvalue weighted by Gasteiger charge is 2.31. The van der Waals surface area contributed by atoms with Crippen molar-refractivity contribution in [1.29, 1.82) is 0 Å². The van der Waals surface area contributed by atoms with E-state index in [1.807, 2.05) is 24.8 Å². The van der Waals surface area contributed by atoms with Gasteiger partial charge in [-0.2, -0.15) is 10.1 Å². The first kappa shape index (κ1) is 18.2. The van der Waals surface area contributed by atoms with Crippen molar-refractivity contribution < 1.29 is 14.1 Å². The summed E-state index contributed by atoms with van der Waals surface area (Å²) in [5.74, 6) is 2.28. The number of ether oxygens (including phenoxy) is 1. The molecule has 1 amide bonds. The Bertz CT molecular complexity index is 795. The van der Waals surface area contributed by atoms with Crippen LogP contribution in [0.4, 0.5) is 0 Å². The summed E-state index contributed by atoms with van der Waals surface area (Å²) in [6.45, 7) is 6.99. The largest absolute Gasteiger partial charge is 0.381 e. The molecular weight excluding hydrogens is 346 g/mol. The van der Waals surface area contributed by atoms with Gasteiger partial charge in [0.05, 0.1) is 18.2 Å². The van der Waals surface area contributed by atoms with Crippen molar-refractivity contribution in [2.24, 2.45) is 5.92 Å². The fourth-order valence-electron chi connectivity index (χ4n) is 3.48. The normalized spacial score (nSPS) is 19.8. The van der Waals surface area contributed by atoms with E-state index in [0.717, 1.165) is 30.3 Å². The summed E-state index contributed by atoms with van der Waals surface area (Å²) in [5.41, 5.74) is 1.93. The van der Waals surface area contributed by atoms with Crippen molar-refractivity contribution in [1.82, 2.24) is 24.8 Å². The summed E-state index contributed by atoms with van der Waals surface area (Å²) in [6.07, 6.45) is 4.11. The molecule has 3 heterocycles. The molecule has 2 aliphatic rings. The van der Waals surface area contributed by atoms with Crippen LogP contribution in [-0.2, 0) is 22.5 Å². The second-order valence-corrected chi connectivity index (χ2v) is 7.73. The maximum atomic E-state index is 12.6. The lowest BCUT2D eigenvalue weighted by atomic mass is 10.1. The van der Waals surface area contributed by atoms with Gasteiger partial charge < -0.3 is 14.2 Å². The maximum absolute atomic E-state index is 12.6. The number of amides is 1. The fourth-order valence-corrected chi connectivity index (χ4v) is 3.48. The first-order valence-corrected chi connectivity index (χ1v) is 9.77. The zero-order chi connectivity index (χ0) is 18.8. The highest BCUT2D eigenvalue weighted by molar-refractivity contribution is 5.76. The van der Waals surface area contributed by atoms with Gasteiger partial charge in [0, 0.05) is 31.8 Å². The number of hydrogen-bond donors (Lipinski definition) is 0. The lowest BCUT2D eigenvalue weighted by Gasteiger charge is -2.16. The molecule has 0 bridgehead atoms. The average Bonchev–Trinajstić information content (AvgIpc) is 3.03. The molecule has 1 aliphatic heterocycles. The van der Waals surface area contributed by atoms with Gasteiger partial charge >= 0.3 is 0 Å². The van der Waals surface area contributed by atoms with Gasteiger partial charge in [-0.05, 0) is 45.1 Å². The molecule has 0 N–H and O–H groups in total. The quantitative estimate of drug-likeness (QED) is 0.657. The summed E-state index contributed by atoms with van der Waals surface area (Å²) < 4.78 is 12.8. The zero-order valence-corrected chi connectivity index (χ0v) is 16.1. The summed E-state index contributed by atoms with van der Waals surface area (Å²) in [4.78, 5) is 18.9. The minimum Gasteiger partial charge on any atom is -0.381 e. The van der Waals surface area contributed by atoms with E-state index in [9.17, 15) is 4.79 Å². The third-order valence-corrected chi connectivity index (χ3v) is 5.28. The van der Waals surface area contributed by atoms with E-state index in [2.05, 4.69) is 15.2 Å². The minimum atomic E-state index is 0.0805. The Labute approximate surface area is 158 Å². The molecule has 1 unspecified atom stereocenters. The predicted molar refractivity (Wildman–Crippen MR) is 97.2 cm³/mol. The van der Waals surface area contributed by atoms with Crippen LogP contribution in [0.2, 0.25) is 0 Å². The molecule has 1 aliphatic carbocycles. The molecule has 2 aromatic heterocycles. The molecular formula is C19H27N5O3. The lowest BCUT2D eigenvalue weighted by molar-refractivity contribution is -0.131. The van der Waals surface area contributed by atoms with Gasteiger partial charge in [0.15, 0.2) is 5.82 Å². The Hall–Kier alpha value is -2.22. The molecule has 146 valence electrons. The molecule has 1 saturated carbocycles. The monoisotopic (exact) mass is 373 g/mol. The number of likely N-dealkylation sites (tertiary alicyclic amines) is 1. The highest BCUT2D eigenvalue weighted by atomic mass is 16.5. The zero-order valence-electron chi connectivity index (χ0n) is 16.1. The van der Waals surface area contributed by atoms with Gasteiger partial charge in [-0.3, -0.25) is 9.48 Å². The molecule has 8 heteroatoms. The lowest BCUT2D eigenvalue weighted by Crippen LogP contribution is -2.32. The third-order valence-electron chi connectivity index (χ3n) is 5.28. The first-order chi connectivity index (χ1) is 13.1. The number of rotatable bonds is 8. The summed E-state index contributed by atoms with van der Waals surface area (Å²) >= 11 is 0. The number of nitrogens with zero attached hydrogens (tertiary/aromatic N) is 5. The second-order valence-electron chi connectivity index (χ2n) is 7.73. The standard InChI is InChI=1S/C19H27N5O3/c1-13-9-14(2)24(21-13)11-18(25)23-7-5-16(10-23)19-20-17(22-27-19)6-8-26-12-15-3-4-15/h9,15-16H,3-8,10-12H2,1-2H3. The number of aromatic nitrogens is 4. The van der Waals surface area contributed by atoms with E-state index in [1.165, 1.54) is 12.8 Å². The van der Waals surface area contributed by atoms with Crippen LogP contribution in [0.5, 0.6) is 0 Å². The molecule has 27 heavy (non-hydrogen) atoms. The van der Waals surface area contributed by atoms with Crippen LogP contribution in [0.1, 0.15) is 48.3 Å². The van der Waals surface area contributed by atoms with Gasteiger partial charge in [0.25, 0.3) is 0 Å². The van der Waals surface area contributed by atoms with Crippen molar-refractivity contribution >= 4 is 5.91 Å². The Morgan fingerprint density at radius 1 is 1.33 bits per heavy atom. The van der Waals surface area contributed by atoms with Crippen LogP contribution in [-0.4, -0.2) is 57.0 Å². The molecule has 1 saturated heterocycles. The van der Waals surface area contributed by atoms with E-state index in [0.29, 0.717) is 37.8 Å². The smallest absolute Gasteiger partial charge is 0.244 e. The number of hydrogen-bond acceptors (Lipinski definition) is 6. The molecule has 0 radical (unpaired) electrons. The van der Waals surface area contributed by atoms with Crippen molar-refractivity contribution in [2.45, 2.75) is 52.0 Å². The Balaban J connectivity index is 1.26. The van der Waals surface area contributed by atoms with Crippen molar-refractivity contribution in [3.8, 4) is 0 Å². The number of carbonyl (C=O) groups excluding carboxylic acids is 1. The first-order valence-electron chi connectivity index (χ1n) is 9.77. The molecule has 0 aromatic carbocycles. The third kappa shape index (κ3) is 4.55. The van der Waals surface area contributed by atoms with Gasteiger partial charge in [0.2, 0.25) is 11.8 Å². The maximum Gasteiger partial charge on any atom is 0.244 e. The van der Waals surface area contributed by atoms with Crippen LogP contribution in [0.25, 0.3) is 0 Å². The van der Waals surface area contributed by atoms with Gasteiger partial charge in [0.1, 0.15) is 6.54 Å². The van der Waals surface area contributed by atoms with Gasteiger partial charge in [-0.15, -0.1) is 0 Å². The van der Waals surface area contributed by atoms with E-state index < -0.39 is 0 Å². The fraction of sp³-hybridized carbons (Fsp3) is 0.684. The molecule has 2 fully saturated rings. The Morgan fingerprint density at radius 3 is 2.93 bits per heavy atom. The summed E-state index contributed by atoms with van der Waals surface area (Å²) in [6, 6.07) is 1.98. The van der Waals surface area contributed by atoms with Crippen LogP contribution < -0.4 is 0 Å². The summed E-state index contributed by atoms with van der Waals surface area (Å²) in [5, 5.41) is 8.43. The SMILES string of the molecule is Cc1cc(C)n(CC(=O)N2CCC(c3nc(CCOCC4CC4)no3)C2)n1. The topological polar surface area (TPSA) is 86.3 Å².